The molecule has 1 N–H and O–H groups in total. The highest BCUT2D eigenvalue weighted by atomic mass is 32.2. The number of Topliss-reactive ketones (excluding diaryl/α,β-unsaturated/α-hetero) is 1. The molecule has 11 heteroatoms. The van der Waals surface area contributed by atoms with Crippen molar-refractivity contribution in [3.63, 3.8) is 0 Å². The van der Waals surface area contributed by atoms with Gasteiger partial charge < -0.3 is 19.4 Å². The van der Waals surface area contributed by atoms with Gasteiger partial charge in [-0.15, -0.1) is 21.5 Å². The van der Waals surface area contributed by atoms with Crippen LogP contribution in [0.5, 0.6) is 5.75 Å². The predicted octanol–water partition coefficient (Wildman–Crippen LogP) is 4.45. The number of hydrogen-bond acceptors (Lipinski definition) is 9. The quantitative estimate of drug-likeness (QED) is 0.246. The van der Waals surface area contributed by atoms with E-state index in [1.165, 1.54) is 18.7 Å². The van der Waals surface area contributed by atoms with E-state index < -0.39 is 5.97 Å². The number of aromatic nitrogens is 3. The lowest BCUT2D eigenvalue weighted by Crippen LogP contribution is -2.17. The van der Waals surface area contributed by atoms with Gasteiger partial charge in [0, 0.05) is 12.1 Å². The number of rotatable bonds is 10. The third kappa shape index (κ3) is 5.48. The Kier molecular flexibility index (Phi) is 8.46. The average Bonchev–Trinajstić information content (AvgIpc) is 3.38. The summed E-state index contributed by atoms with van der Waals surface area (Å²) in [7, 11) is 1.61. The first-order valence-corrected chi connectivity index (χ1v) is 12.4. The van der Waals surface area contributed by atoms with Crippen molar-refractivity contribution in [2.24, 2.45) is 0 Å². The van der Waals surface area contributed by atoms with E-state index in [9.17, 15) is 14.4 Å². The van der Waals surface area contributed by atoms with Gasteiger partial charge in [-0.05, 0) is 57.5 Å². The minimum absolute atomic E-state index is 0.0510. The van der Waals surface area contributed by atoms with E-state index in [0.29, 0.717) is 33.0 Å². The summed E-state index contributed by atoms with van der Waals surface area (Å²) in [5.74, 6) is 0.416. The van der Waals surface area contributed by atoms with Crippen molar-refractivity contribution in [2.45, 2.75) is 39.4 Å². The first-order chi connectivity index (χ1) is 16.3. The number of thiophene rings is 1. The van der Waals surface area contributed by atoms with Crippen LogP contribution in [-0.2, 0) is 16.1 Å². The zero-order chi connectivity index (χ0) is 24.8. The van der Waals surface area contributed by atoms with E-state index in [-0.39, 0.29) is 29.6 Å². The number of carbonyl (C=O) groups is 3. The summed E-state index contributed by atoms with van der Waals surface area (Å²) in [6, 6.07) is 7.51. The van der Waals surface area contributed by atoms with Gasteiger partial charge >= 0.3 is 5.97 Å². The summed E-state index contributed by atoms with van der Waals surface area (Å²) in [5.41, 5.74) is 1.61. The summed E-state index contributed by atoms with van der Waals surface area (Å²) in [5, 5.41) is 12.2. The molecule has 0 radical (unpaired) electrons. The molecule has 2 heterocycles. The van der Waals surface area contributed by atoms with Crippen LogP contribution in [0.15, 0.2) is 29.4 Å². The summed E-state index contributed by atoms with van der Waals surface area (Å²) >= 11 is 2.31. The van der Waals surface area contributed by atoms with Crippen molar-refractivity contribution in [1.29, 1.82) is 0 Å². The lowest BCUT2D eigenvalue weighted by Gasteiger charge is -2.09. The molecule has 1 aromatic carbocycles. The van der Waals surface area contributed by atoms with Gasteiger partial charge in [0.2, 0.25) is 5.91 Å². The average molecular weight is 503 g/mol. The topological polar surface area (TPSA) is 112 Å². The molecule has 0 aliphatic carbocycles. The molecule has 1 amide bonds. The molecule has 0 saturated heterocycles. The summed E-state index contributed by atoms with van der Waals surface area (Å²) in [4.78, 5) is 37.5. The SMILES string of the molecule is CCOC(=O)c1c(NC(=O)CSc2nnc(-c3ccc(OC)cc3)n2CC)sc(C(C)=O)c1C. The second kappa shape index (κ2) is 11.3. The number of nitrogens with one attached hydrogen (secondary N) is 1. The van der Waals surface area contributed by atoms with E-state index in [1.54, 1.807) is 21.0 Å². The van der Waals surface area contributed by atoms with Gasteiger partial charge in [0.1, 0.15) is 10.8 Å². The molecule has 0 atom stereocenters. The Morgan fingerprint density at radius 2 is 1.85 bits per heavy atom. The molecule has 0 bridgehead atoms. The van der Waals surface area contributed by atoms with Crippen LogP contribution < -0.4 is 10.1 Å². The summed E-state index contributed by atoms with van der Waals surface area (Å²) < 4.78 is 12.2. The maximum Gasteiger partial charge on any atom is 0.341 e. The molecule has 3 rings (SSSR count). The lowest BCUT2D eigenvalue weighted by molar-refractivity contribution is -0.113. The number of ketones is 1. The number of esters is 1. The monoisotopic (exact) mass is 502 g/mol. The third-order valence-corrected chi connectivity index (χ3v) is 7.19. The van der Waals surface area contributed by atoms with E-state index >= 15 is 0 Å². The predicted molar refractivity (Wildman–Crippen MR) is 132 cm³/mol. The summed E-state index contributed by atoms with van der Waals surface area (Å²) in [6.45, 7) is 7.59. The molecule has 34 heavy (non-hydrogen) atoms. The van der Waals surface area contributed by atoms with Gasteiger partial charge in [-0.25, -0.2) is 4.79 Å². The van der Waals surface area contributed by atoms with Crippen LogP contribution in [-0.4, -0.2) is 51.9 Å². The number of methoxy groups -OCH3 is 1. The normalized spacial score (nSPS) is 10.7. The van der Waals surface area contributed by atoms with Crippen molar-refractivity contribution in [1.82, 2.24) is 14.8 Å². The van der Waals surface area contributed by atoms with E-state index in [4.69, 9.17) is 9.47 Å². The fourth-order valence-electron chi connectivity index (χ4n) is 3.31. The summed E-state index contributed by atoms with van der Waals surface area (Å²) in [6.07, 6.45) is 0. The molecular formula is C23H26N4O5S2. The number of nitrogens with zero attached hydrogens (tertiary/aromatic N) is 3. The molecule has 0 aliphatic rings. The Labute approximate surface area is 205 Å². The maximum atomic E-state index is 12.7. The van der Waals surface area contributed by atoms with Gasteiger partial charge in [-0.2, -0.15) is 0 Å². The van der Waals surface area contributed by atoms with Crippen LogP contribution in [0.4, 0.5) is 5.00 Å². The highest BCUT2D eigenvalue weighted by Gasteiger charge is 2.25. The zero-order valence-corrected chi connectivity index (χ0v) is 21.3. The Balaban J connectivity index is 1.75. The molecule has 0 unspecified atom stereocenters. The number of ether oxygens (including phenoxy) is 2. The van der Waals surface area contributed by atoms with E-state index in [0.717, 1.165) is 22.6 Å². The second-order valence-corrected chi connectivity index (χ2v) is 9.12. The molecule has 2 aromatic heterocycles. The van der Waals surface area contributed by atoms with Gasteiger partial charge in [0.25, 0.3) is 0 Å². The van der Waals surface area contributed by atoms with Crippen LogP contribution in [0.2, 0.25) is 0 Å². The number of thioether (sulfide) groups is 1. The lowest BCUT2D eigenvalue weighted by atomic mass is 10.1. The first-order valence-electron chi connectivity index (χ1n) is 10.6. The van der Waals surface area contributed by atoms with Crippen LogP contribution in [0.25, 0.3) is 11.4 Å². The second-order valence-electron chi connectivity index (χ2n) is 7.15. The van der Waals surface area contributed by atoms with Gasteiger partial charge in [-0.3, -0.25) is 9.59 Å². The van der Waals surface area contributed by atoms with Crippen LogP contribution >= 0.6 is 23.1 Å². The molecule has 180 valence electrons. The zero-order valence-electron chi connectivity index (χ0n) is 19.6. The third-order valence-electron chi connectivity index (χ3n) is 4.91. The molecular weight excluding hydrogens is 476 g/mol. The molecule has 0 spiro atoms. The van der Waals surface area contributed by atoms with Crippen LogP contribution in [0, 0.1) is 6.92 Å². The smallest absolute Gasteiger partial charge is 0.341 e. The van der Waals surface area contributed by atoms with Crippen LogP contribution in [0.1, 0.15) is 46.4 Å². The number of amides is 1. The first kappa shape index (κ1) is 25.4. The largest absolute Gasteiger partial charge is 0.497 e. The van der Waals surface area contributed by atoms with Crippen molar-refractivity contribution < 1.29 is 23.9 Å². The Bertz CT molecular complexity index is 1200. The highest BCUT2D eigenvalue weighted by Crippen LogP contribution is 2.34. The van der Waals surface area contributed by atoms with E-state index in [1.807, 2.05) is 35.8 Å². The van der Waals surface area contributed by atoms with Gasteiger partial charge in [-0.1, -0.05) is 11.8 Å². The van der Waals surface area contributed by atoms with Crippen molar-refractivity contribution >= 4 is 45.8 Å². The fraction of sp³-hybridized carbons (Fsp3) is 0.348. The minimum atomic E-state index is -0.568. The Morgan fingerprint density at radius 1 is 1.15 bits per heavy atom. The number of carbonyl (C=O) groups excluding carboxylic acids is 3. The Hall–Kier alpha value is -3.18. The molecule has 0 aliphatic heterocycles. The van der Waals surface area contributed by atoms with Crippen LogP contribution in [0.3, 0.4) is 0 Å². The number of hydrogen-bond donors (Lipinski definition) is 1. The molecule has 0 fully saturated rings. The maximum absolute atomic E-state index is 12.7. The molecule has 9 nitrogen and oxygen atoms in total. The van der Waals surface area contributed by atoms with Crippen molar-refractivity contribution in [3.05, 3.63) is 40.3 Å². The minimum Gasteiger partial charge on any atom is -0.497 e. The highest BCUT2D eigenvalue weighted by molar-refractivity contribution is 7.99. The molecule has 3 aromatic rings. The number of benzene rings is 1. The number of anilines is 1. The van der Waals surface area contributed by atoms with Gasteiger partial charge in [0.05, 0.1) is 29.9 Å². The fourth-order valence-corrected chi connectivity index (χ4v) is 5.22. The van der Waals surface area contributed by atoms with Gasteiger partial charge in [0.15, 0.2) is 16.8 Å². The van der Waals surface area contributed by atoms with Crippen molar-refractivity contribution in [2.75, 3.05) is 24.8 Å². The molecule has 0 saturated carbocycles. The van der Waals surface area contributed by atoms with Crippen molar-refractivity contribution in [3.8, 4) is 17.1 Å². The standard InChI is InChI=1S/C23H26N4O5S2/c1-6-27-20(15-8-10-16(31-5)11-9-15)25-26-23(27)33-12-17(29)24-21-18(22(30)32-7-2)13(3)19(34-21)14(4)28/h8-11H,6-7,12H2,1-5H3,(H,24,29). The Morgan fingerprint density at radius 3 is 2.44 bits per heavy atom. The van der Waals surface area contributed by atoms with E-state index in [2.05, 4.69) is 15.5 Å².